The fourth-order valence-electron chi connectivity index (χ4n) is 3.40. The van der Waals surface area contributed by atoms with Gasteiger partial charge in [-0.15, -0.1) is 0 Å². The fraction of sp³-hybridized carbons (Fsp3) is 0.136. The van der Waals surface area contributed by atoms with Crippen LogP contribution in [0.5, 0.6) is 0 Å². The molecule has 0 radical (unpaired) electrons. The van der Waals surface area contributed by atoms with Gasteiger partial charge in [0.2, 0.25) is 0 Å². The molecule has 0 amide bonds. The van der Waals surface area contributed by atoms with Crippen molar-refractivity contribution < 1.29 is 18.9 Å². The Morgan fingerprint density at radius 1 is 0.696 bits per heavy atom. The van der Waals surface area contributed by atoms with Gasteiger partial charge in [0, 0.05) is 0 Å². The molecule has 0 atom stereocenters. The molecule has 108 valence electrons. The molecule has 0 saturated carbocycles. The maximum Gasteiger partial charge on any atom is 1.00 e. The van der Waals surface area contributed by atoms with Crippen LogP contribution >= 0.6 is 0 Å². The van der Waals surface area contributed by atoms with E-state index in [2.05, 4.69) is 73.7 Å². The molecule has 4 aromatic carbocycles. The van der Waals surface area contributed by atoms with Crippen LogP contribution in [0.2, 0.25) is 0 Å². The summed E-state index contributed by atoms with van der Waals surface area (Å²) in [6.07, 6.45) is 3.24. The molecular formula is C22H19Li. The first-order valence-electron chi connectivity index (χ1n) is 7.99. The fourth-order valence-corrected chi connectivity index (χ4v) is 3.40. The topological polar surface area (TPSA) is 0 Å². The predicted octanol–water partition coefficient (Wildman–Crippen LogP) is 3.31. The van der Waals surface area contributed by atoms with Gasteiger partial charge in [0.05, 0.1) is 0 Å². The summed E-state index contributed by atoms with van der Waals surface area (Å²) in [6.45, 7) is 3.98. The molecule has 0 aliphatic carbocycles. The number of aryl methyl sites for hydroxylation is 1. The van der Waals surface area contributed by atoms with Crippen LogP contribution in [0.25, 0.3) is 32.3 Å². The third-order valence-corrected chi connectivity index (χ3v) is 4.51. The molecule has 0 aliphatic rings. The number of hydrogen-bond acceptors (Lipinski definition) is 0. The predicted molar refractivity (Wildman–Crippen MR) is 97.3 cm³/mol. The van der Waals surface area contributed by atoms with Crippen molar-refractivity contribution >= 4 is 32.3 Å². The Kier molecular flexibility index (Phi) is 4.76. The average molecular weight is 290 g/mol. The van der Waals surface area contributed by atoms with Gasteiger partial charge in [-0.25, -0.2) is 0 Å². The number of benzene rings is 4. The van der Waals surface area contributed by atoms with Gasteiger partial charge >= 0.3 is 18.9 Å². The zero-order chi connectivity index (χ0) is 14.9. The van der Waals surface area contributed by atoms with Crippen LogP contribution in [-0.2, 0) is 6.42 Å². The summed E-state index contributed by atoms with van der Waals surface area (Å²) in [6, 6.07) is 24.4. The van der Waals surface area contributed by atoms with E-state index in [-0.39, 0.29) is 18.9 Å². The van der Waals surface area contributed by atoms with Gasteiger partial charge in [-0.3, -0.25) is 0 Å². The maximum atomic E-state index is 3.98. The van der Waals surface area contributed by atoms with E-state index in [1.165, 1.54) is 37.9 Å². The SMILES string of the molecule is [CH2-]CCCc1cccc2ccc3cc4ccccc4cc3c12.[Li+]. The van der Waals surface area contributed by atoms with Crippen LogP contribution in [0.1, 0.15) is 18.4 Å². The normalized spacial score (nSPS) is 11.0. The van der Waals surface area contributed by atoms with Crippen molar-refractivity contribution in [3.8, 4) is 0 Å². The smallest absolute Gasteiger partial charge is 0.343 e. The number of rotatable bonds is 3. The van der Waals surface area contributed by atoms with Gasteiger partial charge in [0.25, 0.3) is 0 Å². The van der Waals surface area contributed by atoms with Crippen LogP contribution in [0.15, 0.2) is 66.7 Å². The second kappa shape index (κ2) is 6.79. The Morgan fingerprint density at radius 3 is 2.17 bits per heavy atom. The van der Waals surface area contributed by atoms with Crippen molar-refractivity contribution in [1.29, 1.82) is 0 Å². The van der Waals surface area contributed by atoms with Crippen LogP contribution in [0.3, 0.4) is 0 Å². The molecule has 0 aliphatic heterocycles. The quantitative estimate of drug-likeness (QED) is 0.235. The number of hydrogen-bond donors (Lipinski definition) is 0. The minimum absolute atomic E-state index is 0. The molecule has 0 nitrogen and oxygen atoms in total. The number of unbranched alkanes of at least 4 members (excludes halogenated alkanes) is 1. The van der Waals surface area contributed by atoms with Gasteiger partial charge in [0.1, 0.15) is 0 Å². The van der Waals surface area contributed by atoms with Crippen molar-refractivity contribution in [3.63, 3.8) is 0 Å². The zero-order valence-electron chi connectivity index (χ0n) is 13.7. The third-order valence-electron chi connectivity index (χ3n) is 4.51. The molecule has 4 rings (SSSR count). The molecule has 0 unspecified atom stereocenters. The van der Waals surface area contributed by atoms with Gasteiger partial charge in [0.15, 0.2) is 0 Å². The Hall–Kier alpha value is -1.74. The van der Waals surface area contributed by atoms with E-state index in [0.717, 1.165) is 19.3 Å². The third kappa shape index (κ3) is 2.90. The summed E-state index contributed by atoms with van der Waals surface area (Å²) >= 11 is 0. The van der Waals surface area contributed by atoms with E-state index >= 15 is 0 Å². The molecule has 0 N–H and O–H groups in total. The van der Waals surface area contributed by atoms with Crippen molar-refractivity contribution in [2.45, 2.75) is 19.3 Å². The average Bonchev–Trinajstić information content (AvgIpc) is 2.57. The molecular weight excluding hydrogens is 271 g/mol. The van der Waals surface area contributed by atoms with Crippen LogP contribution in [0.4, 0.5) is 0 Å². The first kappa shape index (κ1) is 16.1. The van der Waals surface area contributed by atoms with E-state index in [9.17, 15) is 0 Å². The molecule has 0 spiro atoms. The van der Waals surface area contributed by atoms with Crippen LogP contribution < -0.4 is 18.9 Å². The van der Waals surface area contributed by atoms with E-state index in [1.54, 1.807) is 0 Å². The van der Waals surface area contributed by atoms with E-state index < -0.39 is 0 Å². The number of fused-ring (bicyclic) bond motifs is 4. The second-order valence-electron chi connectivity index (χ2n) is 5.96. The van der Waals surface area contributed by atoms with Crippen LogP contribution in [-0.4, -0.2) is 0 Å². The summed E-state index contributed by atoms with van der Waals surface area (Å²) in [5.74, 6) is 0. The standard InChI is InChI=1S/C22H19.Li/c1-2-3-7-16-10-6-11-17-12-13-20-14-18-8-4-5-9-19(18)15-21(20)22(16)17;/h4-6,8-15H,1-3,7H2;/q-1;+1. The zero-order valence-corrected chi connectivity index (χ0v) is 13.7. The Labute approximate surface area is 149 Å². The largest absolute Gasteiger partial charge is 1.00 e. The Bertz CT molecular complexity index is 969. The van der Waals surface area contributed by atoms with Crippen molar-refractivity contribution in [2.24, 2.45) is 0 Å². The maximum absolute atomic E-state index is 3.98. The second-order valence-corrected chi connectivity index (χ2v) is 5.96. The molecule has 0 heterocycles. The Morgan fingerprint density at radius 2 is 1.39 bits per heavy atom. The summed E-state index contributed by atoms with van der Waals surface area (Å²) < 4.78 is 0. The first-order valence-corrected chi connectivity index (χ1v) is 7.99. The van der Waals surface area contributed by atoms with Gasteiger partial charge in [-0.2, -0.15) is 6.42 Å². The molecule has 1 heteroatoms. The molecule has 0 bridgehead atoms. The van der Waals surface area contributed by atoms with Gasteiger partial charge in [-0.1, -0.05) is 61.0 Å². The minimum atomic E-state index is 0. The van der Waals surface area contributed by atoms with E-state index in [0.29, 0.717) is 0 Å². The summed E-state index contributed by atoms with van der Waals surface area (Å²) in [7, 11) is 0. The van der Waals surface area contributed by atoms with Gasteiger partial charge in [-0.05, 0) is 56.4 Å². The molecule has 0 saturated heterocycles. The van der Waals surface area contributed by atoms with E-state index in [4.69, 9.17) is 0 Å². The summed E-state index contributed by atoms with van der Waals surface area (Å²) in [4.78, 5) is 0. The molecule has 0 fully saturated rings. The van der Waals surface area contributed by atoms with Crippen molar-refractivity contribution in [3.05, 3.63) is 79.2 Å². The summed E-state index contributed by atoms with van der Waals surface area (Å²) in [5, 5.41) is 8.08. The molecule has 23 heavy (non-hydrogen) atoms. The summed E-state index contributed by atoms with van der Waals surface area (Å²) in [5.41, 5.74) is 1.45. The van der Waals surface area contributed by atoms with Gasteiger partial charge < -0.3 is 6.92 Å². The van der Waals surface area contributed by atoms with Crippen LogP contribution in [0, 0.1) is 6.92 Å². The van der Waals surface area contributed by atoms with Crippen molar-refractivity contribution in [2.75, 3.05) is 0 Å². The van der Waals surface area contributed by atoms with E-state index in [1.807, 2.05) is 0 Å². The Balaban J connectivity index is 0.00000156. The monoisotopic (exact) mass is 290 g/mol. The molecule has 0 aromatic heterocycles. The molecule has 4 aromatic rings. The van der Waals surface area contributed by atoms with Crippen molar-refractivity contribution in [1.82, 2.24) is 0 Å². The minimum Gasteiger partial charge on any atom is -0.343 e. The first-order chi connectivity index (χ1) is 10.9.